The summed E-state index contributed by atoms with van der Waals surface area (Å²) in [6.45, 7) is 0. The van der Waals surface area contributed by atoms with E-state index in [1.165, 1.54) is 24.1 Å². The molecule has 5 nitrogen and oxygen atoms in total. The van der Waals surface area contributed by atoms with Crippen LogP contribution in [0.25, 0.3) is 5.69 Å². The Morgan fingerprint density at radius 1 is 1.44 bits per heavy atom. The molecule has 0 aliphatic carbocycles. The predicted octanol–water partition coefficient (Wildman–Crippen LogP) is 2.31. The van der Waals surface area contributed by atoms with Crippen LogP contribution in [0, 0.1) is 4.77 Å². The second kappa shape index (κ2) is 4.97. The first-order valence-corrected chi connectivity index (χ1v) is 5.49. The lowest BCUT2D eigenvalue weighted by molar-refractivity contribution is 0.0695. The molecule has 0 saturated heterocycles. The van der Waals surface area contributed by atoms with Crippen LogP contribution in [0.5, 0.6) is 5.75 Å². The van der Waals surface area contributed by atoms with Gasteiger partial charge in [-0.1, -0.05) is 12.1 Å². The molecule has 18 heavy (non-hydrogen) atoms. The maximum absolute atomic E-state index is 10.9. The molecule has 0 aliphatic heterocycles. The number of benzene rings is 1. The molecule has 0 radical (unpaired) electrons. The van der Waals surface area contributed by atoms with Crippen LogP contribution in [0.1, 0.15) is 10.4 Å². The van der Waals surface area contributed by atoms with Gasteiger partial charge in [0.25, 0.3) is 0 Å². The third-order valence-electron chi connectivity index (χ3n) is 2.38. The van der Waals surface area contributed by atoms with Gasteiger partial charge in [-0.25, -0.2) is 9.78 Å². The monoisotopic (exact) mass is 262 g/mol. The molecule has 0 saturated carbocycles. The number of carboxylic acid groups (broad SMARTS) is 1. The van der Waals surface area contributed by atoms with Crippen LogP contribution in [0.2, 0.25) is 0 Å². The van der Waals surface area contributed by atoms with Crippen LogP contribution in [0.4, 0.5) is 0 Å². The Labute approximate surface area is 108 Å². The SMILES string of the molecule is COc1ccccc1-n1cc(C(=O)O)cnc1=S. The molecule has 0 unspecified atom stereocenters. The zero-order valence-corrected chi connectivity index (χ0v) is 10.3. The standard InChI is InChI=1S/C12H10N2O3S/c1-17-10-5-3-2-4-9(10)14-7-8(11(15)16)6-13-12(14)18/h2-7H,1H3,(H,15,16). The van der Waals surface area contributed by atoms with Gasteiger partial charge in [-0.15, -0.1) is 0 Å². The van der Waals surface area contributed by atoms with E-state index in [4.69, 9.17) is 22.1 Å². The number of carboxylic acids is 1. The Bertz CT molecular complexity index is 652. The van der Waals surface area contributed by atoms with Crippen molar-refractivity contribution in [1.82, 2.24) is 9.55 Å². The maximum atomic E-state index is 10.9. The number of rotatable bonds is 3. The molecule has 1 heterocycles. The second-order valence-electron chi connectivity index (χ2n) is 3.47. The summed E-state index contributed by atoms with van der Waals surface area (Å²) in [5, 5.41) is 8.95. The number of carbonyl (C=O) groups is 1. The van der Waals surface area contributed by atoms with E-state index >= 15 is 0 Å². The minimum absolute atomic E-state index is 0.0644. The number of hydrogen-bond donors (Lipinski definition) is 1. The molecular formula is C12H10N2O3S. The lowest BCUT2D eigenvalue weighted by atomic mass is 10.2. The van der Waals surface area contributed by atoms with Crippen LogP contribution in [-0.4, -0.2) is 27.7 Å². The fourth-order valence-corrected chi connectivity index (χ4v) is 1.73. The molecule has 0 spiro atoms. The van der Waals surface area contributed by atoms with Gasteiger partial charge >= 0.3 is 5.97 Å². The number of para-hydroxylation sites is 2. The molecule has 1 aromatic heterocycles. The first kappa shape index (κ1) is 12.3. The Kier molecular flexibility index (Phi) is 3.38. The summed E-state index contributed by atoms with van der Waals surface area (Å²) < 4.78 is 6.99. The topological polar surface area (TPSA) is 64.3 Å². The molecule has 92 valence electrons. The third-order valence-corrected chi connectivity index (χ3v) is 2.68. The van der Waals surface area contributed by atoms with Crippen molar-refractivity contribution in [1.29, 1.82) is 0 Å². The fraction of sp³-hybridized carbons (Fsp3) is 0.0833. The number of aromatic carboxylic acids is 1. The first-order chi connectivity index (χ1) is 8.63. The van der Waals surface area contributed by atoms with Gasteiger partial charge in [0.15, 0.2) is 0 Å². The zero-order chi connectivity index (χ0) is 13.1. The molecule has 1 aromatic carbocycles. The Balaban J connectivity index is 2.66. The van der Waals surface area contributed by atoms with E-state index in [2.05, 4.69) is 4.98 Å². The average Bonchev–Trinajstić information content (AvgIpc) is 2.39. The van der Waals surface area contributed by atoms with Gasteiger partial charge in [-0.05, 0) is 24.4 Å². The van der Waals surface area contributed by atoms with Crippen LogP contribution in [0.15, 0.2) is 36.7 Å². The van der Waals surface area contributed by atoms with E-state index in [0.717, 1.165) is 0 Å². The zero-order valence-electron chi connectivity index (χ0n) is 9.53. The van der Waals surface area contributed by atoms with Crippen molar-refractivity contribution < 1.29 is 14.6 Å². The molecule has 0 aliphatic rings. The highest BCUT2D eigenvalue weighted by Gasteiger charge is 2.09. The van der Waals surface area contributed by atoms with E-state index in [9.17, 15) is 4.79 Å². The van der Waals surface area contributed by atoms with Crippen molar-refractivity contribution in [3.63, 3.8) is 0 Å². The van der Waals surface area contributed by atoms with E-state index in [1.807, 2.05) is 12.1 Å². The summed E-state index contributed by atoms with van der Waals surface area (Å²) in [6, 6.07) is 7.18. The normalized spacial score (nSPS) is 10.1. The van der Waals surface area contributed by atoms with E-state index in [-0.39, 0.29) is 10.3 Å². The Morgan fingerprint density at radius 2 is 2.17 bits per heavy atom. The highest BCUT2D eigenvalue weighted by molar-refractivity contribution is 7.71. The summed E-state index contributed by atoms with van der Waals surface area (Å²) in [6.07, 6.45) is 2.66. The van der Waals surface area contributed by atoms with Gasteiger partial charge in [0.05, 0.1) is 18.4 Å². The summed E-state index contributed by atoms with van der Waals surface area (Å²) in [7, 11) is 1.54. The molecular weight excluding hydrogens is 252 g/mol. The van der Waals surface area contributed by atoms with Crippen molar-refractivity contribution in [3.8, 4) is 11.4 Å². The first-order valence-electron chi connectivity index (χ1n) is 5.09. The second-order valence-corrected chi connectivity index (χ2v) is 3.84. The minimum Gasteiger partial charge on any atom is -0.495 e. The highest BCUT2D eigenvalue weighted by atomic mass is 32.1. The minimum atomic E-state index is -1.05. The maximum Gasteiger partial charge on any atom is 0.338 e. The van der Waals surface area contributed by atoms with Gasteiger partial charge in [-0.3, -0.25) is 4.57 Å². The summed E-state index contributed by atoms with van der Waals surface area (Å²) >= 11 is 5.09. The van der Waals surface area contributed by atoms with Crippen molar-refractivity contribution in [2.75, 3.05) is 7.11 Å². The Hall–Kier alpha value is -2.21. The van der Waals surface area contributed by atoms with E-state index in [1.54, 1.807) is 12.1 Å². The lowest BCUT2D eigenvalue weighted by Gasteiger charge is -2.11. The molecule has 0 bridgehead atoms. The molecule has 1 N–H and O–H groups in total. The Morgan fingerprint density at radius 3 is 2.83 bits per heavy atom. The highest BCUT2D eigenvalue weighted by Crippen LogP contribution is 2.22. The molecule has 0 fully saturated rings. The number of aromatic nitrogens is 2. The van der Waals surface area contributed by atoms with Crippen molar-refractivity contribution in [2.24, 2.45) is 0 Å². The van der Waals surface area contributed by atoms with Crippen molar-refractivity contribution >= 4 is 18.2 Å². The summed E-state index contributed by atoms with van der Waals surface area (Å²) in [5.41, 5.74) is 0.718. The quantitative estimate of drug-likeness (QED) is 0.860. The van der Waals surface area contributed by atoms with Gasteiger partial charge < -0.3 is 9.84 Å². The van der Waals surface area contributed by atoms with Crippen LogP contribution >= 0.6 is 12.2 Å². The third kappa shape index (κ3) is 2.23. The van der Waals surface area contributed by atoms with Crippen molar-refractivity contribution in [3.05, 3.63) is 47.0 Å². The lowest BCUT2D eigenvalue weighted by Crippen LogP contribution is -2.06. The van der Waals surface area contributed by atoms with E-state index < -0.39 is 5.97 Å². The van der Waals surface area contributed by atoms with Gasteiger partial charge in [0.1, 0.15) is 5.75 Å². The number of ether oxygens (including phenoxy) is 1. The summed E-state index contributed by atoms with van der Waals surface area (Å²) in [4.78, 5) is 14.8. The predicted molar refractivity (Wildman–Crippen MR) is 67.9 cm³/mol. The van der Waals surface area contributed by atoms with Gasteiger partial charge in [0.2, 0.25) is 4.77 Å². The van der Waals surface area contributed by atoms with Crippen molar-refractivity contribution in [2.45, 2.75) is 0 Å². The average molecular weight is 262 g/mol. The van der Waals surface area contributed by atoms with Crippen LogP contribution in [0.3, 0.4) is 0 Å². The van der Waals surface area contributed by atoms with E-state index in [0.29, 0.717) is 11.4 Å². The fourth-order valence-electron chi connectivity index (χ4n) is 1.53. The molecule has 2 rings (SSSR count). The molecule has 0 amide bonds. The van der Waals surface area contributed by atoms with Crippen LogP contribution < -0.4 is 4.74 Å². The largest absolute Gasteiger partial charge is 0.495 e. The van der Waals surface area contributed by atoms with Crippen LogP contribution in [-0.2, 0) is 0 Å². The molecule has 6 heteroatoms. The molecule has 2 aromatic rings. The summed E-state index contributed by atoms with van der Waals surface area (Å²) in [5.74, 6) is -0.459. The number of hydrogen-bond acceptors (Lipinski definition) is 4. The van der Waals surface area contributed by atoms with Gasteiger partial charge in [0, 0.05) is 12.4 Å². The van der Waals surface area contributed by atoms with Gasteiger partial charge in [-0.2, -0.15) is 0 Å². The number of nitrogens with zero attached hydrogens (tertiary/aromatic N) is 2. The number of methoxy groups -OCH3 is 1. The smallest absolute Gasteiger partial charge is 0.338 e. The molecule has 0 atom stereocenters.